The van der Waals surface area contributed by atoms with Gasteiger partial charge in [0.2, 0.25) is 5.88 Å². The van der Waals surface area contributed by atoms with Crippen molar-refractivity contribution in [2.24, 2.45) is 0 Å². The van der Waals surface area contributed by atoms with Gasteiger partial charge in [0.1, 0.15) is 11.6 Å². The first-order valence-corrected chi connectivity index (χ1v) is 9.90. The van der Waals surface area contributed by atoms with E-state index >= 15 is 0 Å². The fourth-order valence-electron chi connectivity index (χ4n) is 3.58. The average Bonchev–Trinajstić information content (AvgIpc) is 3.09. The smallest absolute Gasteiger partial charge is 0.416 e. The number of halogens is 4. The maximum absolute atomic E-state index is 13.6. The molecule has 174 valence electrons. The van der Waals surface area contributed by atoms with Crippen LogP contribution in [-0.2, 0) is 6.18 Å². The zero-order valence-electron chi connectivity index (χ0n) is 17.6. The number of rotatable bonds is 5. The lowest BCUT2D eigenvalue weighted by Gasteiger charge is -2.13. The average molecular weight is 471 g/mol. The molecule has 1 aromatic heterocycles. The number of aromatic hydroxyl groups is 2. The predicted molar refractivity (Wildman–Crippen MR) is 116 cm³/mol. The third-order valence-electron chi connectivity index (χ3n) is 5.27. The van der Waals surface area contributed by atoms with Crippen LogP contribution in [0.15, 0.2) is 72.8 Å². The van der Waals surface area contributed by atoms with Crippen LogP contribution in [0.3, 0.4) is 0 Å². The maximum Gasteiger partial charge on any atom is 0.416 e. The van der Waals surface area contributed by atoms with Crippen LogP contribution >= 0.6 is 0 Å². The van der Waals surface area contributed by atoms with Gasteiger partial charge in [-0.05, 0) is 78.4 Å². The largest absolute Gasteiger partial charge is 0.503 e. The lowest BCUT2D eigenvalue weighted by Crippen LogP contribution is -2.06. The number of carbonyl (C=O) groups is 1. The summed E-state index contributed by atoms with van der Waals surface area (Å²) in [5.41, 5.74) is -0.776. The monoisotopic (exact) mass is 471 g/mol. The fourth-order valence-corrected chi connectivity index (χ4v) is 3.58. The molecular formula is C25H17F4NO4. The first-order chi connectivity index (χ1) is 16.1. The van der Waals surface area contributed by atoms with E-state index in [1.807, 2.05) is 0 Å². The molecule has 5 nitrogen and oxygen atoms in total. The van der Waals surface area contributed by atoms with E-state index in [0.29, 0.717) is 5.75 Å². The molecule has 2 N–H and O–H groups in total. The summed E-state index contributed by atoms with van der Waals surface area (Å²) in [6.45, 7) is 0. The minimum absolute atomic E-state index is 0.0180. The zero-order valence-corrected chi connectivity index (χ0v) is 17.6. The van der Waals surface area contributed by atoms with Gasteiger partial charge in [-0.15, -0.1) is 0 Å². The molecule has 34 heavy (non-hydrogen) atoms. The van der Waals surface area contributed by atoms with Crippen molar-refractivity contribution in [3.63, 3.8) is 0 Å². The number of methoxy groups -OCH3 is 1. The molecule has 0 aliphatic carbocycles. The summed E-state index contributed by atoms with van der Waals surface area (Å²) in [7, 11) is 1.46. The van der Waals surface area contributed by atoms with E-state index in [9.17, 15) is 32.6 Å². The van der Waals surface area contributed by atoms with Gasteiger partial charge in [0.05, 0.1) is 23.9 Å². The van der Waals surface area contributed by atoms with Crippen LogP contribution in [0.1, 0.15) is 21.5 Å². The second kappa shape index (κ2) is 8.58. The van der Waals surface area contributed by atoms with Crippen molar-refractivity contribution < 1.29 is 37.3 Å². The van der Waals surface area contributed by atoms with Crippen LogP contribution in [0.5, 0.6) is 17.4 Å². The number of ether oxygens (including phenoxy) is 1. The van der Waals surface area contributed by atoms with Gasteiger partial charge >= 0.3 is 6.18 Å². The Bertz CT molecular complexity index is 1340. The second-order valence-corrected chi connectivity index (χ2v) is 7.34. The Hall–Kier alpha value is -4.27. The van der Waals surface area contributed by atoms with E-state index in [4.69, 9.17) is 4.74 Å². The highest BCUT2D eigenvalue weighted by Gasteiger charge is 2.32. The van der Waals surface area contributed by atoms with Crippen molar-refractivity contribution >= 4 is 5.78 Å². The highest BCUT2D eigenvalue weighted by molar-refractivity contribution is 6.15. The molecule has 1 heterocycles. The first kappa shape index (κ1) is 22.9. The van der Waals surface area contributed by atoms with Crippen molar-refractivity contribution in [2.75, 3.05) is 7.11 Å². The maximum atomic E-state index is 13.6. The van der Waals surface area contributed by atoms with E-state index in [1.54, 1.807) is 0 Å². The SMILES string of the molecule is COc1ccc(C(=O)c2c(O)c(O)n(-c3ccc(C(F)(F)F)cc3)c2-c2ccc(F)cc2)cc1. The minimum atomic E-state index is -4.57. The number of aromatic nitrogens is 1. The Labute approximate surface area is 191 Å². The molecule has 0 saturated heterocycles. The van der Waals surface area contributed by atoms with Crippen LogP contribution in [-0.4, -0.2) is 27.7 Å². The molecule has 0 aliphatic heterocycles. The van der Waals surface area contributed by atoms with Gasteiger partial charge in [-0.2, -0.15) is 13.2 Å². The topological polar surface area (TPSA) is 71.7 Å². The molecule has 0 saturated carbocycles. The van der Waals surface area contributed by atoms with Crippen LogP contribution in [0, 0.1) is 5.82 Å². The molecule has 0 aliphatic rings. The van der Waals surface area contributed by atoms with Crippen molar-refractivity contribution in [1.29, 1.82) is 0 Å². The molecule has 0 fully saturated rings. The predicted octanol–water partition coefficient (Wildman–Crippen LogP) is 5.95. The van der Waals surface area contributed by atoms with Crippen molar-refractivity contribution in [3.05, 3.63) is 95.3 Å². The second-order valence-electron chi connectivity index (χ2n) is 7.34. The summed E-state index contributed by atoms with van der Waals surface area (Å²) in [6.07, 6.45) is -4.57. The molecule has 0 amide bonds. The van der Waals surface area contributed by atoms with Crippen LogP contribution in [0.2, 0.25) is 0 Å². The standard InChI is InChI=1S/C25H17F4NO4/c1-34-19-12-4-15(5-13-19)22(31)20-21(14-2-8-17(26)9-3-14)30(24(33)23(20)32)18-10-6-16(7-11-18)25(27,28)29/h2-13,32-33H,1H3. The van der Waals surface area contributed by atoms with Gasteiger partial charge in [-0.25, -0.2) is 4.39 Å². The van der Waals surface area contributed by atoms with E-state index < -0.39 is 35.0 Å². The Morgan fingerprint density at radius 1 is 0.882 bits per heavy atom. The number of nitrogens with zero attached hydrogens (tertiary/aromatic N) is 1. The molecule has 0 radical (unpaired) electrons. The third kappa shape index (κ3) is 4.07. The van der Waals surface area contributed by atoms with E-state index in [1.165, 1.54) is 43.5 Å². The molecule has 0 spiro atoms. The van der Waals surface area contributed by atoms with Crippen molar-refractivity contribution in [1.82, 2.24) is 4.57 Å². The van der Waals surface area contributed by atoms with E-state index in [2.05, 4.69) is 0 Å². The lowest BCUT2D eigenvalue weighted by atomic mass is 9.99. The Kier molecular flexibility index (Phi) is 5.78. The highest BCUT2D eigenvalue weighted by Crippen LogP contribution is 2.44. The number of ketones is 1. The van der Waals surface area contributed by atoms with Crippen molar-refractivity contribution in [3.8, 4) is 34.3 Å². The molecule has 4 rings (SSSR count). The lowest BCUT2D eigenvalue weighted by molar-refractivity contribution is -0.137. The summed E-state index contributed by atoms with van der Waals surface area (Å²) in [6, 6.07) is 14.7. The normalized spacial score (nSPS) is 11.4. The molecule has 0 atom stereocenters. The summed E-state index contributed by atoms with van der Waals surface area (Å²) in [4.78, 5) is 13.4. The van der Waals surface area contributed by atoms with Gasteiger partial charge in [-0.3, -0.25) is 9.36 Å². The molecule has 3 aromatic carbocycles. The summed E-state index contributed by atoms with van der Waals surface area (Å²) in [5.74, 6) is -2.26. The molecular weight excluding hydrogens is 454 g/mol. The Morgan fingerprint density at radius 2 is 1.47 bits per heavy atom. The van der Waals surface area contributed by atoms with Gasteiger partial charge in [0, 0.05) is 11.3 Å². The number of benzene rings is 3. The third-order valence-corrected chi connectivity index (χ3v) is 5.27. The quantitative estimate of drug-likeness (QED) is 0.279. The zero-order chi connectivity index (χ0) is 24.6. The number of hydrogen-bond acceptors (Lipinski definition) is 4. The van der Waals surface area contributed by atoms with E-state index in [-0.39, 0.29) is 28.1 Å². The van der Waals surface area contributed by atoms with E-state index in [0.717, 1.165) is 41.0 Å². The van der Waals surface area contributed by atoms with Gasteiger partial charge in [0.15, 0.2) is 11.5 Å². The number of hydrogen-bond donors (Lipinski definition) is 2. The van der Waals surface area contributed by atoms with Crippen LogP contribution in [0.4, 0.5) is 17.6 Å². The molecule has 9 heteroatoms. The fraction of sp³-hybridized carbons (Fsp3) is 0.0800. The Morgan fingerprint density at radius 3 is 2.00 bits per heavy atom. The summed E-state index contributed by atoms with van der Waals surface area (Å²) < 4.78 is 58.7. The van der Waals surface area contributed by atoms with Gasteiger partial charge in [0.25, 0.3) is 0 Å². The minimum Gasteiger partial charge on any atom is -0.503 e. The van der Waals surface area contributed by atoms with Gasteiger partial charge in [-0.1, -0.05) is 0 Å². The molecule has 0 unspecified atom stereocenters. The van der Waals surface area contributed by atoms with Crippen molar-refractivity contribution in [2.45, 2.75) is 6.18 Å². The number of alkyl halides is 3. The first-order valence-electron chi connectivity index (χ1n) is 9.90. The van der Waals surface area contributed by atoms with Gasteiger partial charge < -0.3 is 14.9 Å². The molecule has 4 aromatic rings. The highest BCUT2D eigenvalue weighted by atomic mass is 19.4. The molecule has 0 bridgehead atoms. The summed E-state index contributed by atoms with van der Waals surface area (Å²) >= 11 is 0. The summed E-state index contributed by atoms with van der Waals surface area (Å²) in [5, 5.41) is 21.4. The van der Waals surface area contributed by atoms with Crippen LogP contribution < -0.4 is 4.74 Å². The van der Waals surface area contributed by atoms with Crippen LogP contribution in [0.25, 0.3) is 16.9 Å². The Balaban J connectivity index is 1.95. The number of carbonyl (C=O) groups excluding carboxylic acids is 1.